The highest BCUT2D eigenvalue weighted by Crippen LogP contribution is 2.15. The second-order valence-electron chi connectivity index (χ2n) is 8.15. The molecule has 0 bridgehead atoms. The van der Waals surface area contributed by atoms with Crippen LogP contribution in [0.4, 0.5) is 0 Å². The van der Waals surface area contributed by atoms with Gasteiger partial charge in [-0.3, -0.25) is 0 Å². The van der Waals surface area contributed by atoms with Gasteiger partial charge in [0.05, 0.1) is 17.7 Å². The molecular formula is C26H42O4. The van der Waals surface area contributed by atoms with Gasteiger partial charge in [-0.1, -0.05) is 91.0 Å². The van der Waals surface area contributed by atoms with Crippen molar-refractivity contribution in [2.45, 2.75) is 110 Å². The second-order valence-corrected chi connectivity index (χ2v) is 8.15. The van der Waals surface area contributed by atoms with Crippen LogP contribution in [-0.2, 0) is 9.47 Å². The number of rotatable bonds is 17. The third-order valence-corrected chi connectivity index (χ3v) is 5.31. The molecule has 0 spiro atoms. The summed E-state index contributed by atoms with van der Waals surface area (Å²) >= 11 is 0. The van der Waals surface area contributed by atoms with E-state index in [-0.39, 0.29) is 18.0 Å². The van der Waals surface area contributed by atoms with Gasteiger partial charge >= 0.3 is 11.9 Å². The van der Waals surface area contributed by atoms with Crippen LogP contribution in [0.2, 0.25) is 0 Å². The summed E-state index contributed by atoms with van der Waals surface area (Å²) in [5, 5.41) is 0. The second kappa shape index (κ2) is 16.9. The molecule has 0 unspecified atom stereocenters. The summed E-state index contributed by atoms with van der Waals surface area (Å²) in [6.45, 7) is 6.83. The zero-order valence-corrected chi connectivity index (χ0v) is 19.4. The molecular weight excluding hydrogens is 376 g/mol. The van der Waals surface area contributed by atoms with Gasteiger partial charge in [-0.2, -0.15) is 0 Å². The van der Waals surface area contributed by atoms with Crippen molar-refractivity contribution in [2.75, 3.05) is 6.61 Å². The largest absolute Gasteiger partial charge is 0.462 e. The zero-order chi connectivity index (χ0) is 22.0. The molecule has 0 atom stereocenters. The van der Waals surface area contributed by atoms with Crippen LogP contribution < -0.4 is 0 Å². The van der Waals surface area contributed by atoms with Crippen molar-refractivity contribution in [3.8, 4) is 0 Å². The van der Waals surface area contributed by atoms with Crippen LogP contribution in [0.1, 0.15) is 125 Å². The Morgan fingerprint density at radius 2 is 1.27 bits per heavy atom. The van der Waals surface area contributed by atoms with Crippen LogP contribution in [0.25, 0.3) is 0 Å². The van der Waals surface area contributed by atoms with Crippen molar-refractivity contribution < 1.29 is 19.1 Å². The van der Waals surface area contributed by atoms with Gasteiger partial charge in [0.15, 0.2) is 0 Å². The Labute approximate surface area is 183 Å². The lowest BCUT2D eigenvalue weighted by Crippen LogP contribution is -2.18. The van der Waals surface area contributed by atoms with Crippen LogP contribution in [0, 0.1) is 0 Å². The lowest BCUT2D eigenvalue weighted by molar-refractivity contribution is 0.0258. The van der Waals surface area contributed by atoms with Crippen LogP contribution in [0.3, 0.4) is 0 Å². The summed E-state index contributed by atoms with van der Waals surface area (Å²) in [6, 6.07) is 6.66. The quantitative estimate of drug-likeness (QED) is 0.194. The smallest absolute Gasteiger partial charge is 0.338 e. The van der Waals surface area contributed by atoms with Crippen LogP contribution in [0.15, 0.2) is 24.3 Å². The highest BCUT2D eigenvalue weighted by molar-refractivity contribution is 5.95. The molecule has 0 aromatic heterocycles. The Kier molecular flexibility index (Phi) is 14.8. The predicted octanol–water partition coefficient (Wildman–Crippen LogP) is 7.50. The van der Waals surface area contributed by atoms with E-state index in [9.17, 15) is 9.59 Å². The van der Waals surface area contributed by atoms with Gasteiger partial charge in [-0.25, -0.2) is 9.59 Å². The first-order valence-electron chi connectivity index (χ1n) is 12.1. The molecule has 0 aliphatic heterocycles. The number of hydrogen-bond acceptors (Lipinski definition) is 4. The maximum absolute atomic E-state index is 12.4. The van der Waals surface area contributed by atoms with E-state index in [2.05, 4.69) is 20.8 Å². The molecule has 1 rings (SSSR count). The van der Waals surface area contributed by atoms with E-state index in [1.807, 2.05) is 0 Å². The molecule has 4 nitrogen and oxygen atoms in total. The summed E-state index contributed by atoms with van der Waals surface area (Å²) in [6.07, 6.45) is 14.7. The molecule has 0 amide bonds. The Morgan fingerprint density at radius 1 is 0.733 bits per heavy atom. The highest BCUT2D eigenvalue weighted by atomic mass is 16.5. The molecule has 0 saturated carbocycles. The first kappa shape index (κ1) is 26.2. The summed E-state index contributed by atoms with van der Waals surface area (Å²) in [7, 11) is 0. The molecule has 30 heavy (non-hydrogen) atoms. The Hall–Kier alpha value is -1.84. The van der Waals surface area contributed by atoms with E-state index in [1.54, 1.807) is 24.3 Å². The first-order chi connectivity index (χ1) is 14.6. The topological polar surface area (TPSA) is 52.6 Å². The molecule has 0 saturated heterocycles. The summed E-state index contributed by atoms with van der Waals surface area (Å²) in [4.78, 5) is 24.8. The van der Waals surface area contributed by atoms with Gasteiger partial charge in [0, 0.05) is 0 Å². The lowest BCUT2D eigenvalue weighted by atomic mass is 10.1. The van der Waals surface area contributed by atoms with Gasteiger partial charge in [-0.15, -0.1) is 0 Å². The van der Waals surface area contributed by atoms with E-state index >= 15 is 0 Å². The fraction of sp³-hybridized carbons (Fsp3) is 0.692. The van der Waals surface area contributed by atoms with E-state index in [4.69, 9.17) is 9.47 Å². The molecule has 170 valence electrons. The summed E-state index contributed by atoms with van der Waals surface area (Å²) in [5.41, 5.74) is 0.813. The van der Waals surface area contributed by atoms with Gasteiger partial charge in [0.1, 0.15) is 6.10 Å². The molecule has 0 fully saturated rings. The summed E-state index contributed by atoms with van der Waals surface area (Å²) in [5.74, 6) is -0.738. The van der Waals surface area contributed by atoms with Gasteiger partial charge in [0.2, 0.25) is 0 Å². The Morgan fingerprint density at radius 3 is 1.83 bits per heavy atom. The summed E-state index contributed by atoms with van der Waals surface area (Å²) < 4.78 is 11.0. The number of benzene rings is 1. The number of ether oxygens (including phenoxy) is 2. The maximum atomic E-state index is 12.4. The highest BCUT2D eigenvalue weighted by Gasteiger charge is 2.16. The van der Waals surface area contributed by atoms with Crippen molar-refractivity contribution in [2.24, 2.45) is 0 Å². The first-order valence-corrected chi connectivity index (χ1v) is 12.1. The lowest BCUT2D eigenvalue weighted by Gasteiger charge is -2.16. The molecule has 1 aromatic carbocycles. The average Bonchev–Trinajstić information content (AvgIpc) is 2.75. The van der Waals surface area contributed by atoms with Gasteiger partial charge in [0.25, 0.3) is 0 Å². The van der Waals surface area contributed by atoms with E-state index in [0.717, 1.165) is 38.5 Å². The van der Waals surface area contributed by atoms with Crippen molar-refractivity contribution in [3.05, 3.63) is 35.4 Å². The van der Waals surface area contributed by atoms with E-state index in [0.29, 0.717) is 17.7 Å². The van der Waals surface area contributed by atoms with Crippen LogP contribution >= 0.6 is 0 Å². The van der Waals surface area contributed by atoms with Crippen molar-refractivity contribution in [1.29, 1.82) is 0 Å². The molecule has 0 heterocycles. The maximum Gasteiger partial charge on any atom is 0.338 e. The van der Waals surface area contributed by atoms with Crippen molar-refractivity contribution in [1.82, 2.24) is 0 Å². The SMILES string of the molecule is CCCCCCCCCCCOC(=O)c1cccc(C(=O)OC(CCC)CCC)c1. The number of carbonyl (C=O) groups is 2. The van der Waals surface area contributed by atoms with Crippen molar-refractivity contribution in [3.63, 3.8) is 0 Å². The normalized spacial score (nSPS) is 10.9. The third kappa shape index (κ3) is 11.4. The minimum absolute atomic E-state index is 0.0604. The van der Waals surface area contributed by atoms with E-state index in [1.165, 1.54) is 44.9 Å². The number of carbonyl (C=O) groups excluding carboxylic acids is 2. The molecule has 1 aromatic rings. The minimum atomic E-state index is -0.372. The van der Waals surface area contributed by atoms with Crippen LogP contribution in [-0.4, -0.2) is 24.6 Å². The Balaban J connectivity index is 2.34. The Bertz CT molecular complexity index is 590. The standard InChI is InChI=1S/C26H42O4/c1-4-7-8-9-10-11-12-13-14-20-29-25(27)22-18-15-19-23(21-22)26(28)30-24(16-5-2)17-6-3/h15,18-19,21,24H,4-14,16-17,20H2,1-3H3. The predicted molar refractivity (Wildman–Crippen MR) is 123 cm³/mol. The molecule has 0 aliphatic rings. The zero-order valence-electron chi connectivity index (χ0n) is 19.4. The number of hydrogen-bond donors (Lipinski definition) is 0. The monoisotopic (exact) mass is 418 g/mol. The fourth-order valence-electron chi connectivity index (χ4n) is 3.56. The fourth-order valence-corrected chi connectivity index (χ4v) is 3.56. The molecule has 0 aliphatic carbocycles. The van der Waals surface area contributed by atoms with Gasteiger partial charge in [-0.05, 0) is 37.5 Å². The van der Waals surface area contributed by atoms with Gasteiger partial charge < -0.3 is 9.47 Å². The number of unbranched alkanes of at least 4 members (excludes halogenated alkanes) is 8. The third-order valence-electron chi connectivity index (χ3n) is 5.31. The van der Waals surface area contributed by atoms with E-state index < -0.39 is 0 Å². The van der Waals surface area contributed by atoms with Crippen LogP contribution in [0.5, 0.6) is 0 Å². The molecule has 4 heteroatoms. The van der Waals surface area contributed by atoms with Crippen molar-refractivity contribution >= 4 is 11.9 Å². The molecule has 0 radical (unpaired) electrons. The molecule has 0 N–H and O–H groups in total. The average molecular weight is 419 g/mol. The minimum Gasteiger partial charge on any atom is -0.462 e. The number of esters is 2.